The minimum absolute atomic E-state index is 0.179. The van der Waals surface area contributed by atoms with Crippen LogP contribution in [0.2, 0.25) is 0 Å². The molecule has 1 atom stereocenters. The Hall–Kier alpha value is -0.560. The van der Waals surface area contributed by atoms with E-state index in [0.29, 0.717) is 30.7 Å². The smallest absolute Gasteiger partial charge is 0.246 e. The molecule has 0 spiro atoms. The lowest BCUT2D eigenvalue weighted by atomic mass is 10.2. The van der Waals surface area contributed by atoms with Crippen molar-refractivity contribution < 1.29 is 12.8 Å². The first kappa shape index (κ1) is 16.8. The third-order valence-electron chi connectivity index (χ3n) is 4.16. The highest BCUT2D eigenvalue weighted by Gasteiger charge is 2.32. The Morgan fingerprint density at radius 3 is 2.43 bits per heavy atom. The molecule has 0 N–H and O–H groups in total. The maximum atomic E-state index is 12.7. The maximum Gasteiger partial charge on any atom is 0.246 e. The van der Waals surface area contributed by atoms with Crippen molar-refractivity contribution in [2.75, 3.05) is 26.2 Å². The van der Waals surface area contributed by atoms with Crippen molar-refractivity contribution in [1.82, 2.24) is 9.21 Å². The molecule has 2 heterocycles. The van der Waals surface area contributed by atoms with Gasteiger partial charge in [0.25, 0.3) is 0 Å². The summed E-state index contributed by atoms with van der Waals surface area (Å²) in [5, 5.41) is 0. The summed E-state index contributed by atoms with van der Waals surface area (Å²) in [5.74, 6) is 1.08. The van der Waals surface area contributed by atoms with Gasteiger partial charge in [-0.05, 0) is 20.3 Å². The van der Waals surface area contributed by atoms with Crippen LogP contribution in [0.1, 0.15) is 31.8 Å². The highest BCUT2D eigenvalue weighted by molar-refractivity contribution is 7.89. The van der Waals surface area contributed by atoms with Gasteiger partial charge in [-0.15, -0.1) is 11.6 Å². The normalized spacial score (nSPS) is 19.8. The van der Waals surface area contributed by atoms with Crippen molar-refractivity contribution in [2.24, 2.45) is 0 Å². The third kappa shape index (κ3) is 3.44. The molecule has 7 heteroatoms. The second-order valence-electron chi connectivity index (χ2n) is 5.46. The Balaban J connectivity index is 2.13. The quantitative estimate of drug-likeness (QED) is 0.776. The summed E-state index contributed by atoms with van der Waals surface area (Å²) in [7, 11) is -3.48. The van der Waals surface area contributed by atoms with E-state index >= 15 is 0 Å². The molecule has 2 rings (SSSR count). The fourth-order valence-electron chi connectivity index (χ4n) is 2.63. The van der Waals surface area contributed by atoms with E-state index in [0.717, 1.165) is 19.5 Å². The molecule has 0 amide bonds. The largest absolute Gasteiger partial charge is 0.464 e. The molecule has 1 aliphatic heterocycles. The Kier molecular flexibility index (Phi) is 5.35. The Bertz CT molecular complexity index is 577. The van der Waals surface area contributed by atoms with Gasteiger partial charge < -0.3 is 4.42 Å². The lowest BCUT2D eigenvalue weighted by Gasteiger charge is -2.37. The van der Waals surface area contributed by atoms with Gasteiger partial charge in [0.05, 0.1) is 5.88 Å². The van der Waals surface area contributed by atoms with E-state index in [1.807, 2.05) is 0 Å². The molecule has 1 aromatic heterocycles. The van der Waals surface area contributed by atoms with E-state index in [9.17, 15) is 8.42 Å². The first-order chi connectivity index (χ1) is 9.90. The van der Waals surface area contributed by atoms with Crippen LogP contribution in [0.5, 0.6) is 0 Å². The van der Waals surface area contributed by atoms with E-state index in [4.69, 9.17) is 16.0 Å². The number of aryl methyl sites for hydroxylation is 1. The van der Waals surface area contributed by atoms with Gasteiger partial charge in [0, 0.05) is 38.3 Å². The molecule has 0 saturated carbocycles. The van der Waals surface area contributed by atoms with Crippen LogP contribution in [-0.2, 0) is 15.9 Å². The summed E-state index contributed by atoms with van der Waals surface area (Å²) in [6.07, 6.45) is 1.08. The summed E-state index contributed by atoms with van der Waals surface area (Å²) < 4.78 is 32.3. The van der Waals surface area contributed by atoms with Crippen molar-refractivity contribution in [3.05, 3.63) is 17.6 Å². The molecule has 1 aromatic rings. The molecule has 0 bridgehead atoms. The molecule has 0 radical (unpaired) electrons. The van der Waals surface area contributed by atoms with E-state index in [-0.39, 0.29) is 10.8 Å². The first-order valence-corrected chi connectivity index (χ1v) is 9.27. The predicted molar refractivity (Wildman–Crippen MR) is 83.1 cm³/mol. The highest BCUT2D eigenvalue weighted by Crippen LogP contribution is 2.25. The minimum atomic E-state index is -3.48. The van der Waals surface area contributed by atoms with Crippen LogP contribution in [0.4, 0.5) is 0 Å². The molecule has 1 saturated heterocycles. The number of piperazine rings is 1. The van der Waals surface area contributed by atoms with Crippen LogP contribution in [0.25, 0.3) is 0 Å². The SMILES string of the molecule is CCC(C)N1CCN(S(=O)(=O)c2cc(CCl)oc2C)CC1. The Morgan fingerprint density at radius 2 is 1.95 bits per heavy atom. The molecular formula is C14H23ClN2O3S. The van der Waals surface area contributed by atoms with Crippen molar-refractivity contribution >= 4 is 21.6 Å². The van der Waals surface area contributed by atoms with Gasteiger partial charge >= 0.3 is 0 Å². The lowest BCUT2D eigenvalue weighted by molar-refractivity contribution is 0.142. The number of hydrogen-bond acceptors (Lipinski definition) is 4. The molecule has 21 heavy (non-hydrogen) atoms. The number of furan rings is 1. The first-order valence-electron chi connectivity index (χ1n) is 7.29. The third-order valence-corrected chi connectivity index (χ3v) is 6.43. The average Bonchev–Trinajstić information content (AvgIpc) is 2.88. The number of rotatable bonds is 5. The van der Waals surface area contributed by atoms with Gasteiger partial charge in [-0.1, -0.05) is 6.92 Å². The van der Waals surface area contributed by atoms with Gasteiger partial charge in [0.15, 0.2) is 0 Å². The van der Waals surface area contributed by atoms with Crippen LogP contribution >= 0.6 is 11.6 Å². The van der Waals surface area contributed by atoms with Crippen molar-refractivity contribution in [3.8, 4) is 0 Å². The number of hydrogen-bond donors (Lipinski definition) is 0. The monoisotopic (exact) mass is 334 g/mol. The Morgan fingerprint density at radius 1 is 1.33 bits per heavy atom. The van der Waals surface area contributed by atoms with Crippen molar-refractivity contribution in [2.45, 2.75) is 44.0 Å². The fourth-order valence-corrected chi connectivity index (χ4v) is 4.37. The standard InChI is InChI=1S/C14H23ClN2O3S/c1-4-11(2)16-5-7-17(8-6-16)21(18,19)14-9-13(10-15)20-12(14)3/h9,11H,4-8,10H2,1-3H3. The summed E-state index contributed by atoms with van der Waals surface area (Å²) in [4.78, 5) is 2.58. The van der Waals surface area contributed by atoms with Crippen LogP contribution in [0, 0.1) is 6.92 Å². The van der Waals surface area contributed by atoms with E-state index in [1.165, 1.54) is 0 Å². The summed E-state index contributed by atoms with van der Waals surface area (Å²) >= 11 is 5.71. The van der Waals surface area contributed by atoms with Crippen LogP contribution in [0.3, 0.4) is 0 Å². The molecule has 120 valence electrons. The zero-order valence-electron chi connectivity index (χ0n) is 12.8. The van der Waals surface area contributed by atoms with E-state index in [1.54, 1.807) is 17.3 Å². The maximum absolute atomic E-state index is 12.7. The summed E-state index contributed by atoms with van der Waals surface area (Å²) in [5.41, 5.74) is 0. The average molecular weight is 335 g/mol. The van der Waals surface area contributed by atoms with Gasteiger partial charge in [-0.3, -0.25) is 4.90 Å². The van der Waals surface area contributed by atoms with Crippen LogP contribution in [0.15, 0.2) is 15.4 Å². The van der Waals surface area contributed by atoms with Crippen molar-refractivity contribution in [1.29, 1.82) is 0 Å². The predicted octanol–water partition coefficient (Wildman–Crippen LogP) is 2.43. The number of sulfonamides is 1. The van der Waals surface area contributed by atoms with E-state index in [2.05, 4.69) is 18.7 Å². The van der Waals surface area contributed by atoms with Crippen LogP contribution < -0.4 is 0 Å². The van der Waals surface area contributed by atoms with Gasteiger partial charge in [-0.25, -0.2) is 8.42 Å². The topological polar surface area (TPSA) is 53.8 Å². The van der Waals surface area contributed by atoms with Crippen molar-refractivity contribution in [3.63, 3.8) is 0 Å². The molecule has 1 aliphatic rings. The number of halogens is 1. The number of alkyl halides is 1. The zero-order chi connectivity index (χ0) is 15.6. The summed E-state index contributed by atoms with van der Waals surface area (Å²) in [6, 6.07) is 2.03. The minimum Gasteiger partial charge on any atom is -0.464 e. The second kappa shape index (κ2) is 6.69. The number of nitrogens with zero attached hydrogens (tertiary/aromatic N) is 2. The molecule has 0 aliphatic carbocycles. The molecule has 5 nitrogen and oxygen atoms in total. The molecule has 1 unspecified atom stereocenters. The fraction of sp³-hybridized carbons (Fsp3) is 0.714. The zero-order valence-corrected chi connectivity index (χ0v) is 14.4. The second-order valence-corrected chi connectivity index (χ2v) is 7.64. The van der Waals surface area contributed by atoms with E-state index < -0.39 is 10.0 Å². The lowest BCUT2D eigenvalue weighted by Crippen LogP contribution is -2.51. The van der Waals surface area contributed by atoms with Gasteiger partial charge in [0.2, 0.25) is 10.0 Å². The summed E-state index contributed by atoms with van der Waals surface area (Å²) in [6.45, 7) is 8.58. The van der Waals surface area contributed by atoms with Gasteiger partial charge in [-0.2, -0.15) is 4.31 Å². The molecule has 0 aromatic carbocycles. The molecule has 1 fully saturated rings. The molecular weight excluding hydrogens is 312 g/mol. The Labute approximate surface area is 131 Å². The van der Waals surface area contributed by atoms with Gasteiger partial charge in [0.1, 0.15) is 16.4 Å². The van der Waals surface area contributed by atoms with Crippen LogP contribution in [-0.4, -0.2) is 49.8 Å². The highest BCUT2D eigenvalue weighted by atomic mass is 35.5.